The maximum atomic E-state index is 5.33. The third-order valence-corrected chi connectivity index (χ3v) is 3.54. The van der Waals surface area contributed by atoms with Gasteiger partial charge in [-0.15, -0.1) is 0 Å². The van der Waals surface area contributed by atoms with Crippen LogP contribution in [0.4, 0.5) is 0 Å². The molecule has 0 bridgehead atoms. The molecule has 2 heterocycles. The van der Waals surface area contributed by atoms with Crippen LogP contribution in [0.2, 0.25) is 0 Å². The third kappa shape index (κ3) is 3.20. The van der Waals surface area contributed by atoms with Gasteiger partial charge in [0.2, 0.25) is 5.89 Å². The van der Waals surface area contributed by atoms with E-state index in [4.69, 9.17) is 4.52 Å². The van der Waals surface area contributed by atoms with Gasteiger partial charge in [-0.25, -0.2) is 0 Å². The molecule has 1 fully saturated rings. The average molecular weight is 257 g/mol. The van der Waals surface area contributed by atoms with Gasteiger partial charge in [-0.1, -0.05) is 35.0 Å². The van der Waals surface area contributed by atoms with Crippen LogP contribution in [-0.4, -0.2) is 22.7 Å². The third-order valence-electron chi connectivity index (χ3n) is 3.54. The minimum Gasteiger partial charge on any atom is -0.339 e. The highest BCUT2D eigenvalue weighted by Crippen LogP contribution is 2.13. The molecule has 0 spiro atoms. The molecule has 1 aromatic heterocycles. The molecule has 3 rings (SSSR count). The lowest BCUT2D eigenvalue weighted by Gasteiger charge is -2.04. The molecule has 1 aliphatic heterocycles. The number of hydrogen-bond donors (Lipinski definition) is 1. The monoisotopic (exact) mass is 257 g/mol. The van der Waals surface area contributed by atoms with Crippen molar-refractivity contribution in [2.24, 2.45) is 0 Å². The van der Waals surface area contributed by atoms with Crippen molar-refractivity contribution >= 4 is 0 Å². The molecule has 0 radical (unpaired) electrons. The molecule has 0 saturated carbocycles. The number of aryl methyl sites for hydroxylation is 1. The second kappa shape index (κ2) is 5.53. The van der Waals surface area contributed by atoms with E-state index >= 15 is 0 Å². The van der Waals surface area contributed by atoms with Crippen LogP contribution in [0.15, 0.2) is 28.8 Å². The summed E-state index contributed by atoms with van der Waals surface area (Å²) in [7, 11) is 0. The van der Waals surface area contributed by atoms with Crippen molar-refractivity contribution in [1.29, 1.82) is 0 Å². The van der Waals surface area contributed by atoms with Crippen molar-refractivity contribution in [2.45, 2.75) is 38.6 Å². The molecule has 1 atom stereocenters. The maximum Gasteiger partial charge on any atom is 0.228 e. The second-order valence-corrected chi connectivity index (χ2v) is 5.27. The van der Waals surface area contributed by atoms with Crippen LogP contribution < -0.4 is 5.32 Å². The van der Waals surface area contributed by atoms with E-state index in [1.165, 1.54) is 24.0 Å². The lowest BCUT2D eigenvalue weighted by Crippen LogP contribution is -2.23. The summed E-state index contributed by atoms with van der Waals surface area (Å²) < 4.78 is 5.33. The van der Waals surface area contributed by atoms with Crippen molar-refractivity contribution in [3.05, 3.63) is 47.1 Å². The van der Waals surface area contributed by atoms with Gasteiger partial charge in [0.25, 0.3) is 0 Å². The minimum atomic E-state index is 0.507. The molecular weight excluding hydrogens is 238 g/mol. The number of hydrogen-bond acceptors (Lipinski definition) is 4. The molecule has 4 nitrogen and oxygen atoms in total. The minimum absolute atomic E-state index is 0.507. The van der Waals surface area contributed by atoms with Gasteiger partial charge in [0.05, 0.1) is 0 Å². The van der Waals surface area contributed by atoms with Crippen LogP contribution in [0.5, 0.6) is 0 Å². The van der Waals surface area contributed by atoms with E-state index in [-0.39, 0.29) is 0 Å². The summed E-state index contributed by atoms with van der Waals surface area (Å²) in [5.41, 5.74) is 2.49. The molecule has 0 amide bonds. The zero-order valence-electron chi connectivity index (χ0n) is 11.2. The normalized spacial score (nSPS) is 18.9. The van der Waals surface area contributed by atoms with Gasteiger partial charge in [-0.2, -0.15) is 4.98 Å². The summed E-state index contributed by atoms with van der Waals surface area (Å²) in [5.74, 6) is 1.53. The van der Waals surface area contributed by atoms with Crippen LogP contribution in [0, 0.1) is 6.92 Å². The Balaban J connectivity index is 1.64. The van der Waals surface area contributed by atoms with Crippen LogP contribution in [0.3, 0.4) is 0 Å². The predicted molar refractivity (Wildman–Crippen MR) is 73.0 cm³/mol. The Hall–Kier alpha value is -1.68. The summed E-state index contributed by atoms with van der Waals surface area (Å²) in [6.45, 7) is 3.20. The van der Waals surface area contributed by atoms with Gasteiger partial charge in [0, 0.05) is 18.9 Å². The summed E-state index contributed by atoms with van der Waals surface area (Å²) >= 11 is 0. The Bertz CT molecular complexity index is 544. The van der Waals surface area contributed by atoms with E-state index in [0.29, 0.717) is 6.04 Å². The fourth-order valence-electron chi connectivity index (χ4n) is 2.59. The Morgan fingerprint density at radius 2 is 2.37 bits per heavy atom. The SMILES string of the molecule is Cc1cccc(Cc2noc(CC3CCCN3)n2)c1. The molecule has 1 N–H and O–H groups in total. The highest BCUT2D eigenvalue weighted by Gasteiger charge is 2.18. The fraction of sp³-hybridized carbons (Fsp3) is 0.467. The van der Waals surface area contributed by atoms with Crippen molar-refractivity contribution in [3.8, 4) is 0 Å². The van der Waals surface area contributed by atoms with E-state index in [1.807, 2.05) is 0 Å². The first kappa shape index (κ1) is 12.4. The van der Waals surface area contributed by atoms with Crippen LogP contribution in [-0.2, 0) is 12.8 Å². The van der Waals surface area contributed by atoms with Gasteiger partial charge in [-0.05, 0) is 31.9 Å². The number of benzene rings is 1. The number of rotatable bonds is 4. The molecule has 1 aliphatic rings. The Morgan fingerprint density at radius 1 is 1.42 bits per heavy atom. The molecule has 1 unspecified atom stereocenters. The number of nitrogens with one attached hydrogen (secondary N) is 1. The molecule has 100 valence electrons. The van der Waals surface area contributed by atoms with E-state index < -0.39 is 0 Å². The Morgan fingerprint density at radius 3 is 3.16 bits per heavy atom. The van der Waals surface area contributed by atoms with Crippen molar-refractivity contribution in [1.82, 2.24) is 15.5 Å². The molecule has 2 aromatic rings. The summed E-state index contributed by atoms with van der Waals surface area (Å²) in [4.78, 5) is 4.48. The Labute approximate surface area is 113 Å². The van der Waals surface area contributed by atoms with Crippen LogP contribution >= 0.6 is 0 Å². The lowest BCUT2D eigenvalue weighted by atomic mass is 10.1. The topological polar surface area (TPSA) is 51.0 Å². The summed E-state index contributed by atoms with van der Waals surface area (Å²) in [5, 5.41) is 7.51. The summed E-state index contributed by atoms with van der Waals surface area (Å²) in [6, 6.07) is 8.92. The highest BCUT2D eigenvalue weighted by atomic mass is 16.5. The van der Waals surface area contributed by atoms with Gasteiger partial charge >= 0.3 is 0 Å². The molecular formula is C15H19N3O. The van der Waals surface area contributed by atoms with Crippen molar-refractivity contribution < 1.29 is 4.52 Å². The number of nitrogens with zero attached hydrogens (tertiary/aromatic N) is 2. The molecule has 4 heteroatoms. The van der Waals surface area contributed by atoms with Gasteiger partial charge in [0.15, 0.2) is 5.82 Å². The predicted octanol–water partition coefficient (Wildman–Crippen LogP) is 2.26. The van der Waals surface area contributed by atoms with E-state index in [2.05, 4.69) is 46.6 Å². The standard InChI is InChI=1S/C15H19N3O/c1-11-4-2-5-12(8-11)9-14-17-15(19-18-14)10-13-6-3-7-16-13/h2,4-5,8,13,16H,3,6-7,9-10H2,1H3. The largest absolute Gasteiger partial charge is 0.339 e. The number of aromatic nitrogens is 2. The van der Waals surface area contributed by atoms with Crippen LogP contribution in [0.25, 0.3) is 0 Å². The molecule has 1 aromatic carbocycles. The Kier molecular flexibility index (Phi) is 3.60. The molecule has 0 aliphatic carbocycles. The van der Waals surface area contributed by atoms with E-state index in [9.17, 15) is 0 Å². The molecule has 19 heavy (non-hydrogen) atoms. The average Bonchev–Trinajstić information content (AvgIpc) is 3.02. The first-order chi connectivity index (χ1) is 9.29. The lowest BCUT2D eigenvalue weighted by molar-refractivity contribution is 0.360. The van der Waals surface area contributed by atoms with Crippen molar-refractivity contribution in [2.75, 3.05) is 6.54 Å². The zero-order valence-corrected chi connectivity index (χ0v) is 11.2. The van der Waals surface area contributed by atoms with Crippen LogP contribution in [0.1, 0.15) is 35.7 Å². The van der Waals surface area contributed by atoms with E-state index in [1.54, 1.807) is 0 Å². The quantitative estimate of drug-likeness (QED) is 0.912. The first-order valence-electron chi connectivity index (χ1n) is 6.90. The van der Waals surface area contributed by atoms with Gasteiger partial charge in [-0.3, -0.25) is 0 Å². The maximum absolute atomic E-state index is 5.33. The van der Waals surface area contributed by atoms with Gasteiger partial charge < -0.3 is 9.84 Å². The first-order valence-corrected chi connectivity index (χ1v) is 6.90. The van der Waals surface area contributed by atoms with E-state index in [0.717, 1.165) is 31.1 Å². The van der Waals surface area contributed by atoms with Gasteiger partial charge in [0.1, 0.15) is 0 Å². The highest BCUT2D eigenvalue weighted by molar-refractivity contribution is 5.24. The van der Waals surface area contributed by atoms with Crippen molar-refractivity contribution in [3.63, 3.8) is 0 Å². The zero-order chi connectivity index (χ0) is 13.1. The summed E-state index contributed by atoms with van der Waals surface area (Å²) in [6.07, 6.45) is 4.04. The second-order valence-electron chi connectivity index (χ2n) is 5.27. The smallest absolute Gasteiger partial charge is 0.228 e. The molecule has 1 saturated heterocycles. The fourth-order valence-corrected chi connectivity index (χ4v) is 2.59.